The molecule has 3 rings (SSSR count). The van der Waals surface area contributed by atoms with Crippen molar-refractivity contribution in [2.75, 3.05) is 0 Å². The van der Waals surface area contributed by atoms with Crippen molar-refractivity contribution in [1.82, 2.24) is 0 Å². The van der Waals surface area contributed by atoms with Crippen molar-refractivity contribution in [2.24, 2.45) is 0 Å². The van der Waals surface area contributed by atoms with Gasteiger partial charge in [-0.25, -0.2) is 4.79 Å². The van der Waals surface area contributed by atoms with E-state index in [0.29, 0.717) is 5.58 Å². The molecule has 0 fully saturated rings. The third kappa shape index (κ3) is 3.51. The van der Waals surface area contributed by atoms with Crippen LogP contribution in [0.3, 0.4) is 0 Å². The molecule has 0 spiro atoms. The van der Waals surface area contributed by atoms with Gasteiger partial charge < -0.3 is 9.52 Å². The van der Waals surface area contributed by atoms with Gasteiger partial charge >= 0.3 is 5.63 Å². The van der Waals surface area contributed by atoms with E-state index in [1.54, 1.807) is 6.07 Å². The highest BCUT2D eigenvalue weighted by Gasteiger charge is 2.12. The van der Waals surface area contributed by atoms with Crippen LogP contribution in [-0.2, 0) is 6.42 Å². The fourth-order valence-electron chi connectivity index (χ4n) is 3.04. The van der Waals surface area contributed by atoms with Crippen molar-refractivity contribution < 1.29 is 9.52 Å². The molecule has 1 aromatic heterocycles. The normalized spacial score (nSPS) is 11.0. The molecule has 1 heterocycles. The van der Waals surface area contributed by atoms with Crippen molar-refractivity contribution >= 4 is 11.0 Å². The van der Waals surface area contributed by atoms with Crippen LogP contribution in [0.1, 0.15) is 38.2 Å². The van der Waals surface area contributed by atoms with E-state index in [0.717, 1.165) is 41.3 Å². The molecule has 3 heteroatoms. The predicted octanol–water partition coefficient (Wildman–Crippen LogP) is 5.29. The number of phenolic OH excluding ortho intramolecular Hbond substituents is 1. The number of rotatable bonds is 6. The molecule has 2 aromatic carbocycles. The largest absolute Gasteiger partial charge is 0.508 e. The summed E-state index contributed by atoms with van der Waals surface area (Å²) in [5.41, 5.74) is 2.74. The van der Waals surface area contributed by atoms with Crippen molar-refractivity contribution in [3.05, 3.63) is 64.5 Å². The second kappa shape index (κ2) is 7.35. The zero-order valence-electron chi connectivity index (χ0n) is 13.9. The Kier molecular flexibility index (Phi) is 4.99. The van der Waals surface area contributed by atoms with E-state index in [1.165, 1.54) is 18.9 Å². The van der Waals surface area contributed by atoms with Crippen LogP contribution in [0, 0.1) is 0 Å². The molecular weight excluding hydrogens is 300 g/mol. The monoisotopic (exact) mass is 322 g/mol. The molecule has 0 radical (unpaired) electrons. The quantitative estimate of drug-likeness (QED) is 0.495. The number of phenols is 1. The summed E-state index contributed by atoms with van der Waals surface area (Å²) < 4.78 is 5.29. The van der Waals surface area contributed by atoms with Crippen molar-refractivity contribution in [3.63, 3.8) is 0 Å². The maximum Gasteiger partial charge on any atom is 0.336 e. The maximum absolute atomic E-state index is 11.9. The van der Waals surface area contributed by atoms with E-state index in [9.17, 15) is 9.90 Å². The predicted molar refractivity (Wildman–Crippen MR) is 97.4 cm³/mol. The van der Waals surface area contributed by atoms with Crippen molar-refractivity contribution in [1.29, 1.82) is 0 Å². The molecule has 3 aromatic rings. The van der Waals surface area contributed by atoms with E-state index >= 15 is 0 Å². The van der Waals surface area contributed by atoms with Crippen LogP contribution in [-0.4, -0.2) is 5.11 Å². The van der Waals surface area contributed by atoms with Gasteiger partial charge in [0.1, 0.15) is 11.3 Å². The molecule has 0 amide bonds. The van der Waals surface area contributed by atoms with Crippen LogP contribution < -0.4 is 5.63 Å². The standard InChI is InChI=1S/C21H22O3/c1-2-3-4-6-11-16-12-18-17(15-9-7-5-8-10-15)13-21(23)24-20(18)14-19(16)22/h5,7-10,12-14,22H,2-4,6,11H2,1H3. The first-order valence-electron chi connectivity index (χ1n) is 8.54. The summed E-state index contributed by atoms with van der Waals surface area (Å²) in [7, 11) is 0. The molecular formula is C21H22O3. The lowest BCUT2D eigenvalue weighted by Crippen LogP contribution is -1.99. The highest BCUT2D eigenvalue weighted by atomic mass is 16.4. The number of unbranched alkanes of at least 4 members (excludes halogenated alkanes) is 3. The van der Waals surface area contributed by atoms with Gasteiger partial charge in [-0.3, -0.25) is 0 Å². The Labute approximate surface area is 141 Å². The number of aromatic hydroxyl groups is 1. The van der Waals surface area contributed by atoms with Gasteiger partial charge in [-0.2, -0.15) is 0 Å². The van der Waals surface area contributed by atoms with Crippen LogP contribution in [0.25, 0.3) is 22.1 Å². The number of fused-ring (bicyclic) bond motifs is 1. The van der Waals surface area contributed by atoms with Gasteiger partial charge in [-0.05, 0) is 35.6 Å². The van der Waals surface area contributed by atoms with Crippen molar-refractivity contribution in [2.45, 2.75) is 39.0 Å². The highest BCUT2D eigenvalue weighted by Crippen LogP contribution is 2.32. The van der Waals surface area contributed by atoms with Gasteiger partial charge in [-0.1, -0.05) is 56.5 Å². The highest BCUT2D eigenvalue weighted by molar-refractivity contribution is 5.94. The minimum Gasteiger partial charge on any atom is -0.508 e. The van der Waals surface area contributed by atoms with Gasteiger partial charge in [0.05, 0.1) is 0 Å². The van der Waals surface area contributed by atoms with Crippen LogP contribution in [0.2, 0.25) is 0 Å². The van der Waals surface area contributed by atoms with Gasteiger partial charge in [0.2, 0.25) is 0 Å². The Balaban J connectivity index is 2.06. The smallest absolute Gasteiger partial charge is 0.336 e. The second-order valence-corrected chi connectivity index (χ2v) is 6.13. The van der Waals surface area contributed by atoms with E-state index in [1.807, 2.05) is 36.4 Å². The summed E-state index contributed by atoms with van der Waals surface area (Å²) in [5.74, 6) is 0.201. The average Bonchev–Trinajstić information content (AvgIpc) is 2.59. The molecule has 24 heavy (non-hydrogen) atoms. The Hall–Kier alpha value is -2.55. The van der Waals surface area contributed by atoms with E-state index < -0.39 is 5.63 Å². The lowest BCUT2D eigenvalue weighted by atomic mass is 9.98. The maximum atomic E-state index is 11.9. The first-order valence-corrected chi connectivity index (χ1v) is 8.54. The Morgan fingerprint density at radius 1 is 1.00 bits per heavy atom. The summed E-state index contributed by atoms with van der Waals surface area (Å²) in [4.78, 5) is 11.9. The zero-order valence-corrected chi connectivity index (χ0v) is 13.9. The Bertz CT molecular complexity index is 879. The van der Waals surface area contributed by atoms with Crippen LogP contribution in [0.5, 0.6) is 5.75 Å². The Morgan fingerprint density at radius 3 is 2.54 bits per heavy atom. The minimum absolute atomic E-state index is 0.201. The molecule has 124 valence electrons. The fourth-order valence-corrected chi connectivity index (χ4v) is 3.04. The number of aryl methyl sites for hydroxylation is 1. The van der Waals surface area contributed by atoms with E-state index in [2.05, 4.69) is 6.92 Å². The van der Waals surface area contributed by atoms with Crippen LogP contribution >= 0.6 is 0 Å². The van der Waals surface area contributed by atoms with Gasteiger partial charge in [-0.15, -0.1) is 0 Å². The number of hydrogen-bond donors (Lipinski definition) is 1. The van der Waals surface area contributed by atoms with Gasteiger partial charge in [0, 0.05) is 17.5 Å². The molecule has 0 aliphatic heterocycles. The molecule has 0 saturated heterocycles. The minimum atomic E-state index is -0.406. The first kappa shape index (κ1) is 16.3. The SMILES string of the molecule is CCCCCCc1cc2c(-c3ccccc3)cc(=O)oc2cc1O. The lowest BCUT2D eigenvalue weighted by molar-refractivity contribution is 0.464. The molecule has 0 atom stereocenters. The second-order valence-electron chi connectivity index (χ2n) is 6.13. The molecule has 0 unspecified atom stereocenters. The molecule has 0 aliphatic rings. The summed E-state index contributed by atoms with van der Waals surface area (Å²) >= 11 is 0. The summed E-state index contributed by atoms with van der Waals surface area (Å²) in [6.45, 7) is 2.18. The van der Waals surface area contributed by atoms with Gasteiger partial charge in [0.15, 0.2) is 0 Å². The van der Waals surface area contributed by atoms with E-state index in [4.69, 9.17) is 4.42 Å². The third-order valence-electron chi connectivity index (χ3n) is 4.33. The number of hydrogen-bond acceptors (Lipinski definition) is 3. The fraction of sp³-hybridized carbons (Fsp3) is 0.286. The summed E-state index contributed by atoms with van der Waals surface area (Å²) in [6, 6.07) is 14.8. The third-order valence-corrected chi connectivity index (χ3v) is 4.33. The molecule has 1 N–H and O–H groups in total. The lowest BCUT2D eigenvalue weighted by Gasteiger charge is -2.10. The zero-order chi connectivity index (χ0) is 16.9. The summed E-state index contributed by atoms with van der Waals surface area (Å²) in [6.07, 6.45) is 5.42. The van der Waals surface area contributed by atoms with Crippen LogP contribution in [0.15, 0.2) is 57.7 Å². The molecule has 0 saturated carbocycles. The summed E-state index contributed by atoms with van der Waals surface area (Å²) in [5, 5.41) is 11.1. The van der Waals surface area contributed by atoms with Crippen LogP contribution in [0.4, 0.5) is 0 Å². The topological polar surface area (TPSA) is 50.4 Å². The van der Waals surface area contributed by atoms with Gasteiger partial charge in [0.25, 0.3) is 0 Å². The number of benzene rings is 2. The average molecular weight is 322 g/mol. The molecule has 0 bridgehead atoms. The molecule has 3 nitrogen and oxygen atoms in total. The molecule has 0 aliphatic carbocycles. The first-order chi connectivity index (χ1) is 11.7. The van der Waals surface area contributed by atoms with E-state index in [-0.39, 0.29) is 5.75 Å². The van der Waals surface area contributed by atoms with Crippen molar-refractivity contribution in [3.8, 4) is 16.9 Å². The Morgan fingerprint density at radius 2 is 1.79 bits per heavy atom.